The van der Waals surface area contributed by atoms with E-state index >= 15 is 0 Å². The van der Waals surface area contributed by atoms with Crippen LogP contribution in [-0.2, 0) is 5.41 Å². The Kier molecular flexibility index (Phi) is 5.43. The molecule has 1 saturated carbocycles. The van der Waals surface area contributed by atoms with Crippen LogP contribution in [0.5, 0.6) is 0 Å². The number of benzene rings is 1. The molecular weight excluding hydrogens is 261 g/mol. The van der Waals surface area contributed by atoms with Crippen molar-refractivity contribution >= 4 is 0 Å². The van der Waals surface area contributed by atoms with Crippen LogP contribution in [0.2, 0.25) is 0 Å². The van der Waals surface area contributed by atoms with Crippen LogP contribution in [0.3, 0.4) is 0 Å². The van der Waals surface area contributed by atoms with E-state index in [0.717, 1.165) is 31.5 Å². The molecule has 2 heteroatoms. The number of halogens is 1. The van der Waals surface area contributed by atoms with Crippen molar-refractivity contribution in [2.75, 3.05) is 13.1 Å². The topological polar surface area (TPSA) is 12.0 Å². The van der Waals surface area contributed by atoms with Gasteiger partial charge in [0.2, 0.25) is 0 Å². The first-order valence-electron chi connectivity index (χ1n) is 8.57. The lowest BCUT2D eigenvalue weighted by molar-refractivity contribution is 0.00119. The molecule has 1 aliphatic rings. The van der Waals surface area contributed by atoms with Crippen LogP contribution in [0.25, 0.3) is 0 Å². The quantitative estimate of drug-likeness (QED) is 0.706. The molecule has 2 rings (SSSR count). The fraction of sp³-hybridized carbons (Fsp3) is 0.684. The molecule has 0 aromatic heterocycles. The van der Waals surface area contributed by atoms with E-state index < -0.39 is 0 Å². The Bertz CT molecular complexity index is 441. The molecule has 0 aliphatic heterocycles. The lowest BCUT2D eigenvalue weighted by atomic mass is 9.47. The van der Waals surface area contributed by atoms with E-state index in [4.69, 9.17) is 0 Å². The number of hydrogen-bond acceptors (Lipinski definition) is 1. The van der Waals surface area contributed by atoms with Crippen molar-refractivity contribution in [1.82, 2.24) is 5.32 Å². The van der Waals surface area contributed by atoms with E-state index in [-0.39, 0.29) is 11.2 Å². The summed E-state index contributed by atoms with van der Waals surface area (Å²) in [6.45, 7) is 8.51. The Morgan fingerprint density at radius 1 is 1.05 bits per heavy atom. The van der Waals surface area contributed by atoms with Gasteiger partial charge < -0.3 is 5.32 Å². The molecule has 0 amide bonds. The third-order valence-corrected chi connectivity index (χ3v) is 5.15. The maximum absolute atomic E-state index is 14.3. The first-order valence-corrected chi connectivity index (χ1v) is 8.57. The van der Waals surface area contributed by atoms with Gasteiger partial charge in [-0.3, -0.25) is 0 Å². The molecule has 0 heterocycles. The lowest BCUT2D eigenvalue weighted by Gasteiger charge is -2.57. The van der Waals surface area contributed by atoms with Gasteiger partial charge in [0.1, 0.15) is 5.82 Å². The Hall–Kier alpha value is -0.890. The lowest BCUT2D eigenvalue weighted by Crippen LogP contribution is -2.55. The van der Waals surface area contributed by atoms with Gasteiger partial charge in [0.15, 0.2) is 0 Å². The molecule has 0 radical (unpaired) electrons. The fourth-order valence-electron chi connectivity index (χ4n) is 4.59. The van der Waals surface area contributed by atoms with Crippen molar-refractivity contribution < 1.29 is 4.39 Å². The van der Waals surface area contributed by atoms with Crippen LogP contribution in [-0.4, -0.2) is 13.1 Å². The molecule has 1 aliphatic carbocycles. The van der Waals surface area contributed by atoms with Crippen LogP contribution < -0.4 is 5.32 Å². The molecule has 0 bridgehead atoms. The minimum absolute atomic E-state index is 0.00565. The van der Waals surface area contributed by atoms with Gasteiger partial charge in [0.25, 0.3) is 0 Å². The zero-order valence-corrected chi connectivity index (χ0v) is 13.8. The van der Waals surface area contributed by atoms with E-state index in [9.17, 15) is 4.39 Å². The number of hydrogen-bond donors (Lipinski definition) is 1. The summed E-state index contributed by atoms with van der Waals surface area (Å²) in [4.78, 5) is 0. The minimum atomic E-state index is -0.0306. The molecule has 1 N–H and O–H groups in total. The van der Waals surface area contributed by atoms with E-state index in [1.54, 1.807) is 12.1 Å². The molecule has 1 aromatic carbocycles. The molecule has 1 nitrogen and oxygen atoms in total. The number of nitrogens with one attached hydrogen (secondary N) is 1. The third-order valence-electron chi connectivity index (χ3n) is 5.15. The van der Waals surface area contributed by atoms with Gasteiger partial charge in [0.05, 0.1) is 0 Å². The second-order valence-electron chi connectivity index (χ2n) is 6.89. The van der Waals surface area contributed by atoms with Gasteiger partial charge in [-0.2, -0.15) is 0 Å². The molecule has 21 heavy (non-hydrogen) atoms. The van der Waals surface area contributed by atoms with Crippen LogP contribution in [0.15, 0.2) is 24.3 Å². The predicted octanol–water partition coefficient (Wildman–Crippen LogP) is 5.05. The average molecular weight is 291 g/mol. The summed E-state index contributed by atoms with van der Waals surface area (Å²) < 4.78 is 14.3. The van der Waals surface area contributed by atoms with Crippen LogP contribution in [0.4, 0.5) is 4.39 Å². The van der Waals surface area contributed by atoms with Crippen molar-refractivity contribution in [2.24, 2.45) is 5.41 Å². The summed E-state index contributed by atoms with van der Waals surface area (Å²) in [6, 6.07) is 7.38. The van der Waals surface area contributed by atoms with Gasteiger partial charge >= 0.3 is 0 Å². The first kappa shape index (κ1) is 16.5. The van der Waals surface area contributed by atoms with Gasteiger partial charge in [0, 0.05) is 12.0 Å². The summed E-state index contributed by atoms with van der Waals surface area (Å²) in [5.74, 6) is -0.0306. The molecule has 0 saturated heterocycles. The van der Waals surface area contributed by atoms with Crippen molar-refractivity contribution in [3.63, 3.8) is 0 Å². The molecule has 0 atom stereocenters. The van der Waals surface area contributed by atoms with Crippen molar-refractivity contribution in [3.05, 3.63) is 35.6 Å². The van der Waals surface area contributed by atoms with E-state index in [2.05, 4.69) is 26.1 Å². The summed E-state index contributed by atoms with van der Waals surface area (Å²) in [7, 11) is 0. The fourth-order valence-corrected chi connectivity index (χ4v) is 4.59. The number of likely N-dealkylation sites (N-methyl/N-ethyl adjacent to an activating group) is 1. The summed E-state index contributed by atoms with van der Waals surface area (Å²) in [6.07, 6.45) is 7.29. The van der Waals surface area contributed by atoms with E-state index in [1.807, 2.05) is 12.1 Å². The highest BCUT2D eigenvalue weighted by atomic mass is 19.1. The van der Waals surface area contributed by atoms with Gasteiger partial charge in [-0.1, -0.05) is 51.8 Å². The Morgan fingerprint density at radius 3 is 2.19 bits per heavy atom. The largest absolute Gasteiger partial charge is 0.316 e. The standard InChI is InChI=1S/C19H30FN/c1-4-11-18(12-5-2)13-19(14-18,15-21-6-3)16-9-7-8-10-17(16)20/h7-10,21H,4-6,11-15H2,1-3H3. The maximum atomic E-state index is 14.3. The van der Waals surface area contributed by atoms with Gasteiger partial charge in [-0.15, -0.1) is 0 Å². The average Bonchev–Trinajstić information content (AvgIpc) is 2.43. The van der Waals surface area contributed by atoms with Crippen LogP contribution in [0.1, 0.15) is 64.9 Å². The van der Waals surface area contributed by atoms with Gasteiger partial charge in [-0.05, 0) is 49.3 Å². The Morgan fingerprint density at radius 2 is 1.67 bits per heavy atom. The van der Waals surface area contributed by atoms with E-state index in [0.29, 0.717) is 5.41 Å². The summed E-state index contributed by atoms with van der Waals surface area (Å²) >= 11 is 0. The third kappa shape index (κ3) is 3.31. The molecule has 0 unspecified atom stereocenters. The van der Waals surface area contributed by atoms with Gasteiger partial charge in [-0.25, -0.2) is 4.39 Å². The molecule has 118 valence electrons. The molecule has 1 fully saturated rings. The first-order chi connectivity index (χ1) is 10.1. The highest BCUT2D eigenvalue weighted by molar-refractivity contribution is 5.33. The molecule has 1 aromatic rings. The van der Waals surface area contributed by atoms with Crippen LogP contribution >= 0.6 is 0 Å². The number of rotatable bonds is 8. The summed E-state index contributed by atoms with van der Waals surface area (Å²) in [5, 5.41) is 3.47. The zero-order chi connectivity index (χ0) is 15.3. The second kappa shape index (κ2) is 6.91. The second-order valence-corrected chi connectivity index (χ2v) is 6.89. The smallest absolute Gasteiger partial charge is 0.127 e. The minimum Gasteiger partial charge on any atom is -0.316 e. The van der Waals surface area contributed by atoms with Crippen molar-refractivity contribution in [2.45, 2.75) is 64.7 Å². The van der Waals surface area contributed by atoms with Crippen LogP contribution in [0, 0.1) is 11.2 Å². The SMILES string of the molecule is CCCC1(CCC)CC(CNCC)(c2ccccc2F)C1. The predicted molar refractivity (Wildman–Crippen MR) is 88.1 cm³/mol. The van der Waals surface area contributed by atoms with Crippen molar-refractivity contribution in [1.29, 1.82) is 0 Å². The van der Waals surface area contributed by atoms with E-state index in [1.165, 1.54) is 25.7 Å². The summed E-state index contributed by atoms with van der Waals surface area (Å²) in [5.41, 5.74) is 1.38. The normalized spacial score (nSPS) is 19.2. The molecule has 0 spiro atoms. The highest BCUT2D eigenvalue weighted by Gasteiger charge is 2.54. The Balaban J connectivity index is 2.24. The highest BCUT2D eigenvalue weighted by Crippen LogP contribution is 2.60. The van der Waals surface area contributed by atoms with Crippen molar-refractivity contribution in [3.8, 4) is 0 Å². The monoisotopic (exact) mass is 291 g/mol. The zero-order valence-electron chi connectivity index (χ0n) is 13.8. The maximum Gasteiger partial charge on any atom is 0.127 e. The molecular formula is C19H30FN. The Labute approximate surface area is 129 Å².